The van der Waals surface area contributed by atoms with Gasteiger partial charge in [0, 0.05) is 18.2 Å². The van der Waals surface area contributed by atoms with E-state index in [4.69, 9.17) is 4.52 Å². The Morgan fingerprint density at radius 1 is 1.08 bits per heavy atom. The first-order valence-electron chi connectivity index (χ1n) is 7.52. The Kier molecular flexibility index (Phi) is 4.86. The van der Waals surface area contributed by atoms with Crippen molar-refractivity contribution in [3.8, 4) is 11.3 Å². The van der Waals surface area contributed by atoms with E-state index in [0.717, 1.165) is 11.1 Å². The SMILES string of the molecule is O=C(NCCc1cccc(F)c1)Nc1cc(-c2ccccc2)on1. The minimum Gasteiger partial charge on any atom is -0.354 e. The third-order valence-corrected chi connectivity index (χ3v) is 3.40. The number of nitrogens with one attached hydrogen (secondary N) is 2. The molecule has 0 spiro atoms. The molecule has 24 heavy (non-hydrogen) atoms. The standard InChI is InChI=1S/C18H16FN3O2/c19-15-8-4-5-13(11-15)9-10-20-18(23)21-17-12-16(24-22-17)14-6-2-1-3-7-14/h1-8,11-12H,9-10H2,(H2,20,21,22,23). The molecule has 3 aromatic rings. The van der Waals surface area contributed by atoms with Crippen LogP contribution in [0.15, 0.2) is 65.2 Å². The van der Waals surface area contributed by atoms with Crippen LogP contribution in [0, 0.1) is 5.82 Å². The summed E-state index contributed by atoms with van der Waals surface area (Å²) in [5.41, 5.74) is 1.70. The fraction of sp³-hybridized carbons (Fsp3) is 0.111. The Labute approximate surface area is 138 Å². The number of halogens is 1. The highest BCUT2D eigenvalue weighted by atomic mass is 19.1. The van der Waals surface area contributed by atoms with Crippen molar-refractivity contribution in [2.45, 2.75) is 6.42 Å². The van der Waals surface area contributed by atoms with E-state index in [1.807, 2.05) is 36.4 Å². The number of urea groups is 1. The van der Waals surface area contributed by atoms with E-state index in [9.17, 15) is 9.18 Å². The Bertz CT molecular complexity index is 818. The molecule has 1 heterocycles. The van der Waals surface area contributed by atoms with Crippen LogP contribution in [0.5, 0.6) is 0 Å². The number of rotatable bonds is 5. The molecule has 0 aliphatic carbocycles. The van der Waals surface area contributed by atoms with Gasteiger partial charge in [0.15, 0.2) is 11.6 Å². The Morgan fingerprint density at radius 2 is 1.92 bits per heavy atom. The molecule has 0 bridgehead atoms. The average Bonchev–Trinajstić information content (AvgIpc) is 3.04. The molecular formula is C18H16FN3O2. The van der Waals surface area contributed by atoms with Crippen LogP contribution in [-0.4, -0.2) is 17.7 Å². The van der Waals surface area contributed by atoms with Crippen LogP contribution in [0.1, 0.15) is 5.56 Å². The zero-order valence-corrected chi connectivity index (χ0v) is 12.8. The van der Waals surface area contributed by atoms with Crippen LogP contribution in [0.25, 0.3) is 11.3 Å². The van der Waals surface area contributed by atoms with Crippen molar-refractivity contribution in [2.75, 3.05) is 11.9 Å². The highest BCUT2D eigenvalue weighted by Crippen LogP contribution is 2.21. The Morgan fingerprint density at radius 3 is 2.71 bits per heavy atom. The normalized spacial score (nSPS) is 10.4. The smallest absolute Gasteiger partial charge is 0.320 e. The average molecular weight is 325 g/mol. The predicted octanol–water partition coefficient (Wildman–Crippen LogP) is 3.84. The van der Waals surface area contributed by atoms with Crippen LogP contribution in [0.3, 0.4) is 0 Å². The molecule has 2 N–H and O–H groups in total. The fourth-order valence-electron chi connectivity index (χ4n) is 2.25. The number of hydrogen-bond acceptors (Lipinski definition) is 3. The molecule has 5 nitrogen and oxygen atoms in total. The van der Waals surface area contributed by atoms with E-state index in [1.54, 1.807) is 12.1 Å². The third kappa shape index (κ3) is 4.19. The predicted molar refractivity (Wildman–Crippen MR) is 89.1 cm³/mol. The maximum atomic E-state index is 13.1. The van der Waals surface area contributed by atoms with Crippen molar-refractivity contribution in [3.05, 3.63) is 72.0 Å². The van der Waals surface area contributed by atoms with Gasteiger partial charge in [-0.3, -0.25) is 5.32 Å². The Balaban J connectivity index is 1.49. The van der Waals surface area contributed by atoms with Crippen LogP contribution >= 0.6 is 0 Å². The lowest BCUT2D eigenvalue weighted by Crippen LogP contribution is -2.30. The second-order valence-electron chi connectivity index (χ2n) is 5.20. The molecule has 0 unspecified atom stereocenters. The summed E-state index contributed by atoms with van der Waals surface area (Å²) >= 11 is 0. The summed E-state index contributed by atoms with van der Waals surface area (Å²) in [4.78, 5) is 11.8. The molecule has 0 atom stereocenters. The zero-order valence-electron chi connectivity index (χ0n) is 12.8. The van der Waals surface area contributed by atoms with E-state index < -0.39 is 0 Å². The molecule has 122 valence electrons. The summed E-state index contributed by atoms with van der Waals surface area (Å²) in [6, 6.07) is 17.0. The molecule has 2 aromatic carbocycles. The van der Waals surface area contributed by atoms with Crippen molar-refractivity contribution in [1.82, 2.24) is 10.5 Å². The molecule has 0 saturated carbocycles. The second kappa shape index (κ2) is 7.41. The van der Waals surface area contributed by atoms with Gasteiger partial charge in [-0.15, -0.1) is 0 Å². The third-order valence-electron chi connectivity index (χ3n) is 3.40. The number of carbonyl (C=O) groups is 1. The lowest BCUT2D eigenvalue weighted by molar-refractivity contribution is 0.252. The molecular weight excluding hydrogens is 309 g/mol. The van der Waals surface area contributed by atoms with Gasteiger partial charge in [-0.2, -0.15) is 0 Å². The van der Waals surface area contributed by atoms with Crippen molar-refractivity contribution >= 4 is 11.8 Å². The van der Waals surface area contributed by atoms with E-state index in [-0.39, 0.29) is 11.8 Å². The number of amides is 2. The maximum absolute atomic E-state index is 13.1. The summed E-state index contributed by atoms with van der Waals surface area (Å²) in [7, 11) is 0. The first kappa shape index (κ1) is 15.7. The summed E-state index contributed by atoms with van der Waals surface area (Å²) in [6.07, 6.45) is 0.541. The monoisotopic (exact) mass is 325 g/mol. The van der Waals surface area contributed by atoms with Gasteiger partial charge >= 0.3 is 6.03 Å². The molecule has 1 aromatic heterocycles. The number of anilines is 1. The van der Waals surface area contributed by atoms with E-state index in [2.05, 4.69) is 15.8 Å². The second-order valence-corrected chi connectivity index (χ2v) is 5.20. The number of aromatic nitrogens is 1. The molecule has 0 aliphatic heterocycles. The van der Waals surface area contributed by atoms with Crippen molar-refractivity contribution in [3.63, 3.8) is 0 Å². The van der Waals surface area contributed by atoms with Crippen LogP contribution < -0.4 is 10.6 Å². The molecule has 6 heteroatoms. The number of nitrogens with zero attached hydrogens (tertiary/aromatic N) is 1. The van der Waals surface area contributed by atoms with Gasteiger partial charge < -0.3 is 9.84 Å². The first-order chi connectivity index (χ1) is 11.7. The van der Waals surface area contributed by atoms with Crippen LogP contribution in [-0.2, 0) is 6.42 Å². The summed E-state index contributed by atoms with van der Waals surface area (Å²) in [5, 5.41) is 9.11. The van der Waals surface area contributed by atoms with E-state index in [1.165, 1.54) is 12.1 Å². The van der Waals surface area contributed by atoms with Gasteiger partial charge in [-0.25, -0.2) is 9.18 Å². The molecule has 0 radical (unpaired) electrons. The minimum atomic E-state index is -0.390. The molecule has 0 fully saturated rings. The molecule has 3 rings (SSSR count). The van der Waals surface area contributed by atoms with Gasteiger partial charge in [-0.05, 0) is 24.1 Å². The van der Waals surface area contributed by atoms with Crippen molar-refractivity contribution in [2.24, 2.45) is 0 Å². The largest absolute Gasteiger partial charge is 0.354 e. The summed E-state index contributed by atoms with van der Waals surface area (Å²) in [6.45, 7) is 0.388. The number of benzene rings is 2. The van der Waals surface area contributed by atoms with Gasteiger partial charge in [0.25, 0.3) is 0 Å². The summed E-state index contributed by atoms with van der Waals surface area (Å²) in [5.74, 6) is 0.621. The van der Waals surface area contributed by atoms with E-state index in [0.29, 0.717) is 24.5 Å². The molecule has 0 saturated heterocycles. The van der Waals surface area contributed by atoms with Gasteiger partial charge in [0.2, 0.25) is 0 Å². The minimum absolute atomic E-state index is 0.284. The van der Waals surface area contributed by atoms with Crippen molar-refractivity contribution < 1.29 is 13.7 Å². The number of carbonyl (C=O) groups excluding carboxylic acids is 1. The van der Waals surface area contributed by atoms with Crippen LogP contribution in [0.2, 0.25) is 0 Å². The maximum Gasteiger partial charge on any atom is 0.320 e. The van der Waals surface area contributed by atoms with Gasteiger partial charge in [0.05, 0.1) is 0 Å². The lowest BCUT2D eigenvalue weighted by Gasteiger charge is -2.05. The fourth-order valence-corrected chi connectivity index (χ4v) is 2.25. The molecule has 0 aliphatic rings. The molecule has 2 amide bonds. The highest BCUT2D eigenvalue weighted by molar-refractivity contribution is 5.88. The first-order valence-corrected chi connectivity index (χ1v) is 7.52. The van der Waals surface area contributed by atoms with Crippen LogP contribution in [0.4, 0.5) is 15.0 Å². The summed E-state index contributed by atoms with van der Waals surface area (Å²) < 4.78 is 18.3. The Hall–Kier alpha value is -3.15. The van der Waals surface area contributed by atoms with Crippen molar-refractivity contribution in [1.29, 1.82) is 0 Å². The van der Waals surface area contributed by atoms with Gasteiger partial charge in [-0.1, -0.05) is 47.6 Å². The highest BCUT2D eigenvalue weighted by Gasteiger charge is 2.09. The number of hydrogen-bond donors (Lipinski definition) is 2. The van der Waals surface area contributed by atoms with E-state index >= 15 is 0 Å². The zero-order chi connectivity index (χ0) is 16.8. The lowest BCUT2D eigenvalue weighted by atomic mass is 10.1. The topological polar surface area (TPSA) is 67.2 Å². The van der Waals surface area contributed by atoms with Gasteiger partial charge in [0.1, 0.15) is 5.82 Å². The quantitative estimate of drug-likeness (QED) is 0.749.